The number of benzene rings is 13. The third-order valence-corrected chi connectivity index (χ3v) is 19.0. The molecule has 17 aromatic rings. The van der Waals surface area contributed by atoms with Crippen molar-refractivity contribution in [1.29, 1.82) is 21.0 Å². The molecule has 8 nitrogen and oxygen atoms in total. The van der Waals surface area contributed by atoms with E-state index in [0.717, 1.165) is 121 Å². The van der Waals surface area contributed by atoms with Gasteiger partial charge in [-0.15, -0.1) is 0 Å². The summed E-state index contributed by atoms with van der Waals surface area (Å²) in [7, 11) is 0. The van der Waals surface area contributed by atoms with Crippen LogP contribution < -0.4 is 16.4 Å². The summed E-state index contributed by atoms with van der Waals surface area (Å²) in [5.41, 5.74) is 23.2. The fraction of sp³-hybridized carbons (Fsp3) is 0. The maximum Gasteiger partial charge on any atom is 0.244 e. The molecule has 0 unspecified atom stereocenters. The molecule has 0 saturated heterocycles. The van der Waals surface area contributed by atoms with Crippen molar-refractivity contribution in [1.82, 2.24) is 18.3 Å². The van der Waals surface area contributed by atoms with Gasteiger partial charge >= 0.3 is 0 Å². The van der Waals surface area contributed by atoms with E-state index in [9.17, 15) is 21.0 Å². The molecule has 2 aliphatic rings. The molecule has 13 aromatic carbocycles. The van der Waals surface area contributed by atoms with E-state index in [-0.39, 0.29) is 6.71 Å². The van der Waals surface area contributed by atoms with Crippen LogP contribution in [0, 0.1) is 45.3 Å². The van der Waals surface area contributed by atoms with Crippen LogP contribution in [0.25, 0.3) is 154 Å². The number of hydrogen-bond donors (Lipinski definition) is 0. The summed E-state index contributed by atoms with van der Waals surface area (Å²) in [4.78, 5) is 0. The van der Waals surface area contributed by atoms with Crippen molar-refractivity contribution in [3.05, 3.63) is 259 Å². The van der Waals surface area contributed by atoms with Crippen molar-refractivity contribution in [3.8, 4) is 69.3 Å². The summed E-state index contributed by atoms with van der Waals surface area (Å²) in [6.45, 7) is -0.238. The highest BCUT2D eigenvalue weighted by Gasteiger charge is 2.43. The number of nitriles is 4. The van der Waals surface area contributed by atoms with Crippen molar-refractivity contribution in [2.45, 2.75) is 0 Å². The molecule has 0 bridgehead atoms. The Morgan fingerprint density at radius 1 is 0.264 bits per heavy atom. The van der Waals surface area contributed by atoms with Crippen LogP contribution in [0.3, 0.4) is 0 Å². The highest BCUT2D eigenvalue weighted by molar-refractivity contribution is 7.02. The molecule has 0 N–H and O–H groups in total. The quantitative estimate of drug-likeness (QED) is 0.163. The van der Waals surface area contributed by atoms with Crippen LogP contribution in [0.5, 0.6) is 0 Å². The molecule has 19 rings (SSSR count). The molecule has 0 atom stereocenters. The molecule has 0 aliphatic carbocycles. The van der Waals surface area contributed by atoms with Gasteiger partial charge in [-0.25, -0.2) is 0 Å². The highest BCUT2D eigenvalue weighted by atomic mass is 15.0. The number of rotatable bonds is 4. The lowest BCUT2D eigenvalue weighted by atomic mass is 9.30. The van der Waals surface area contributed by atoms with Crippen LogP contribution in [0.15, 0.2) is 237 Å². The second-order valence-corrected chi connectivity index (χ2v) is 23.1. The minimum absolute atomic E-state index is 0.238. The number of hydrogen-bond acceptors (Lipinski definition) is 4. The van der Waals surface area contributed by atoms with Crippen molar-refractivity contribution in [2.75, 3.05) is 0 Å². The minimum Gasteiger partial charge on any atom is -0.309 e. The lowest BCUT2D eigenvalue weighted by Crippen LogP contribution is -2.57. The molecule has 9 heteroatoms. The Kier molecular flexibility index (Phi) is 9.27. The largest absolute Gasteiger partial charge is 0.309 e. The van der Waals surface area contributed by atoms with Crippen LogP contribution in [-0.4, -0.2) is 25.0 Å². The SMILES string of the molecule is N#Cc1ccc(-n2c3ccccc3c3c4c5c(cc6c7ccccc7n(-c7ccc(C#N)cc7)c6c5cc32)B2c3c-4cccc3-c3c4c2cc2c5ccccc5n(-c5ccc(C#N)cc5)c2c4cc2c3c3ccccc3n2-c2ccc(C#N)cc2)cc1. The maximum atomic E-state index is 10.1. The van der Waals surface area contributed by atoms with E-state index in [1.54, 1.807) is 0 Å². The highest BCUT2D eigenvalue weighted by Crippen LogP contribution is 2.52. The molecule has 0 radical (unpaired) electrons. The fourth-order valence-corrected chi connectivity index (χ4v) is 15.7. The van der Waals surface area contributed by atoms with Crippen LogP contribution in [0.1, 0.15) is 22.3 Å². The van der Waals surface area contributed by atoms with Gasteiger partial charge in [-0.3, -0.25) is 0 Å². The van der Waals surface area contributed by atoms with Gasteiger partial charge < -0.3 is 18.3 Å². The van der Waals surface area contributed by atoms with Gasteiger partial charge in [-0.2, -0.15) is 21.0 Å². The number of aromatic nitrogens is 4. The number of nitrogens with zero attached hydrogens (tertiary/aromatic N) is 8. The summed E-state index contributed by atoms with van der Waals surface area (Å²) < 4.78 is 9.57. The first kappa shape index (κ1) is 47.1. The molecule has 4 aromatic heterocycles. The van der Waals surface area contributed by atoms with Crippen LogP contribution in [0.2, 0.25) is 0 Å². The van der Waals surface area contributed by atoms with Crippen LogP contribution in [0.4, 0.5) is 0 Å². The van der Waals surface area contributed by atoms with E-state index in [1.807, 2.05) is 48.5 Å². The Bertz CT molecular complexity index is 5830. The summed E-state index contributed by atoms with van der Waals surface area (Å²) >= 11 is 0. The lowest BCUT2D eigenvalue weighted by molar-refractivity contribution is 1.18. The summed E-state index contributed by atoms with van der Waals surface area (Å²) in [6.07, 6.45) is 0. The van der Waals surface area contributed by atoms with Crippen molar-refractivity contribution < 1.29 is 0 Å². The van der Waals surface area contributed by atoms with Crippen molar-refractivity contribution in [2.24, 2.45) is 0 Å². The molecule has 0 saturated carbocycles. The molecule has 6 heterocycles. The van der Waals surface area contributed by atoms with Crippen LogP contribution >= 0.6 is 0 Å². The van der Waals surface area contributed by atoms with Gasteiger partial charge in [0.15, 0.2) is 0 Å². The van der Waals surface area contributed by atoms with E-state index in [4.69, 9.17) is 0 Å². The fourth-order valence-electron chi connectivity index (χ4n) is 15.7. The Morgan fingerprint density at radius 2 is 0.586 bits per heavy atom. The van der Waals surface area contributed by atoms with Crippen LogP contribution in [-0.2, 0) is 0 Å². The first-order valence-electron chi connectivity index (χ1n) is 29.1. The van der Waals surface area contributed by atoms with Crippen molar-refractivity contribution >= 4 is 132 Å². The van der Waals surface area contributed by atoms with Gasteiger partial charge in [0.1, 0.15) is 0 Å². The Balaban J connectivity index is 1.06. The molecule has 2 aliphatic heterocycles. The zero-order valence-corrected chi connectivity index (χ0v) is 46.2. The third-order valence-electron chi connectivity index (χ3n) is 19.0. The molecule has 394 valence electrons. The Labute approximate surface area is 496 Å². The minimum atomic E-state index is -0.238. The molecular formula is C78H39BN8. The predicted molar refractivity (Wildman–Crippen MR) is 353 cm³/mol. The maximum absolute atomic E-state index is 10.1. The molecule has 87 heavy (non-hydrogen) atoms. The normalized spacial score (nSPS) is 12.3. The molecule has 0 fully saturated rings. The summed E-state index contributed by atoms with van der Waals surface area (Å²) in [5.74, 6) is 0. The smallest absolute Gasteiger partial charge is 0.244 e. The third kappa shape index (κ3) is 6.06. The second-order valence-electron chi connectivity index (χ2n) is 23.1. The van der Waals surface area contributed by atoms with Gasteiger partial charge in [0, 0.05) is 76.6 Å². The number of para-hydroxylation sites is 4. The second kappa shape index (κ2) is 17.1. The average molecular weight is 1100 g/mol. The van der Waals surface area contributed by atoms with Gasteiger partial charge in [0.05, 0.1) is 90.7 Å². The number of fused-ring (bicyclic) bond motifs is 20. The Morgan fingerprint density at radius 3 is 0.943 bits per heavy atom. The van der Waals surface area contributed by atoms with E-state index < -0.39 is 0 Å². The zero-order valence-electron chi connectivity index (χ0n) is 46.2. The predicted octanol–water partition coefficient (Wildman–Crippen LogP) is 16.3. The van der Waals surface area contributed by atoms with Gasteiger partial charge in [0.2, 0.25) is 6.71 Å². The van der Waals surface area contributed by atoms with E-state index >= 15 is 0 Å². The van der Waals surface area contributed by atoms with Gasteiger partial charge in [-0.1, -0.05) is 120 Å². The molecular weight excluding hydrogens is 1060 g/mol. The van der Waals surface area contributed by atoms with E-state index in [1.165, 1.54) is 49.4 Å². The first-order chi connectivity index (χ1) is 43.0. The van der Waals surface area contributed by atoms with E-state index in [0.29, 0.717) is 22.3 Å². The van der Waals surface area contributed by atoms with E-state index in [2.05, 4.69) is 231 Å². The average Bonchev–Trinajstić information content (AvgIpc) is 1.54. The summed E-state index contributed by atoms with van der Waals surface area (Å²) in [6, 6.07) is 93.2. The monoisotopic (exact) mass is 1100 g/mol. The first-order valence-corrected chi connectivity index (χ1v) is 29.1. The molecule has 0 amide bonds. The molecule has 0 spiro atoms. The zero-order chi connectivity index (χ0) is 57.5. The summed E-state index contributed by atoms with van der Waals surface area (Å²) in [5, 5.41) is 53.9. The van der Waals surface area contributed by atoms with Gasteiger partial charge in [-0.05, 0) is 166 Å². The Hall–Kier alpha value is -12.4. The standard InChI is InChI=1S/C78H39BN8/c80-40-44-20-28-48(29-21-44)84-66-18-7-3-12-54(66)72-68(84)38-60-70-62(36-58-52-10-1-5-16-64(52)86(77(58)60)50-32-24-46(42-82)25-33-50)79-63-37-59-53-11-2-6-17-65(53)87(51-34-26-47(43-83)27-35-51)78(59)61-39-69-73(75(71(61)63)57-15-9-14-56(74(70)72)76(57)79)55-13-4-8-19-67(55)85(69)49-30-22-45(41-81)23-31-49/h1-39H. The lowest BCUT2D eigenvalue weighted by Gasteiger charge is -2.35. The van der Waals surface area contributed by atoms with Gasteiger partial charge in [0.25, 0.3) is 0 Å². The topological polar surface area (TPSA) is 115 Å². The van der Waals surface area contributed by atoms with Crippen molar-refractivity contribution in [3.63, 3.8) is 0 Å².